The number of hydrogen-bond donors (Lipinski definition) is 5. The molecule has 0 fully saturated rings. The minimum absolute atomic E-state index is 0.0164. The standard InChI is InChI=1S/C60H90N8O11S/c1-39(2)47(67(16)54(73)48(57(4,5)6)64-53(72)49(68(17)56(75)79-59(10,11)12)60(13,14)43-28-22-19-23-29-43)36-40(3)50(69)65-80(76,77)38-42-31-33-44(34-32-42)62-52(71)46(30-24-25-35-66(15)55(74)78-58(7,8)9)63-51(70)45(61)37-41-26-20-18-21-27-41/h18-23,26-29,31-34,36,39,45-49H,24-25,30,35,37-38,61H2,1-17H3,(H,62,71)(H,63,70)(H,64,72)(H,65,69)/b40-36+/t45-,46-,47-,48-,49-/m1/s1. The number of nitrogens with two attached hydrogens (primary N) is 1. The van der Waals surface area contributed by atoms with Crippen LogP contribution in [0.4, 0.5) is 15.3 Å². The summed E-state index contributed by atoms with van der Waals surface area (Å²) < 4.78 is 40.2. The van der Waals surface area contributed by atoms with Gasteiger partial charge in [-0.15, -0.1) is 0 Å². The second-order valence-electron chi connectivity index (χ2n) is 24.6. The van der Waals surface area contributed by atoms with Crippen LogP contribution in [-0.4, -0.2) is 134 Å². The molecule has 20 heteroatoms. The van der Waals surface area contributed by atoms with Crippen molar-refractivity contribution in [1.82, 2.24) is 30.1 Å². The van der Waals surface area contributed by atoms with Crippen LogP contribution in [0.3, 0.4) is 0 Å². The highest BCUT2D eigenvalue weighted by Gasteiger charge is 2.46. The Morgan fingerprint density at radius 3 is 1.73 bits per heavy atom. The molecule has 0 aromatic heterocycles. The van der Waals surface area contributed by atoms with E-state index in [1.54, 1.807) is 76.4 Å². The summed E-state index contributed by atoms with van der Waals surface area (Å²) in [6.07, 6.45) is 1.72. The number of anilines is 1. The molecule has 5 atom stereocenters. The quantitative estimate of drug-likeness (QED) is 0.0425. The lowest BCUT2D eigenvalue weighted by Crippen LogP contribution is -2.63. The number of sulfonamides is 1. The number of nitrogens with zero attached hydrogens (tertiary/aromatic N) is 3. The summed E-state index contributed by atoms with van der Waals surface area (Å²) in [5.74, 6) is -3.94. The third kappa shape index (κ3) is 21.3. The number of nitrogens with one attached hydrogen (secondary N) is 4. The smallest absolute Gasteiger partial charge is 0.410 e. The lowest BCUT2D eigenvalue weighted by atomic mass is 9.76. The predicted molar refractivity (Wildman–Crippen MR) is 312 cm³/mol. The van der Waals surface area contributed by atoms with Crippen LogP contribution >= 0.6 is 0 Å². The van der Waals surface area contributed by atoms with E-state index < -0.39 is 110 Å². The lowest BCUT2D eigenvalue weighted by Gasteiger charge is -2.42. The van der Waals surface area contributed by atoms with Gasteiger partial charge in [-0.05, 0) is 114 Å². The number of unbranched alkanes of at least 4 members (excludes halogenated alkanes) is 1. The van der Waals surface area contributed by atoms with E-state index in [0.29, 0.717) is 30.6 Å². The Kier molecular flexibility index (Phi) is 24.1. The van der Waals surface area contributed by atoms with Crippen molar-refractivity contribution in [2.75, 3.05) is 33.0 Å². The maximum atomic E-state index is 14.7. The Balaban J connectivity index is 1.77. The highest BCUT2D eigenvalue weighted by atomic mass is 32.2. The number of amides is 7. The van der Waals surface area contributed by atoms with Crippen LogP contribution in [0, 0.1) is 11.3 Å². The fourth-order valence-electron chi connectivity index (χ4n) is 8.78. The Labute approximate surface area is 475 Å². The third-order valence-electron chi connectivity index (χ3n) is 13.2. The fourth-order valence-corrected chi connectivity index (χ4v) is 9.93. The van der Waals surface area contributed by atoms with Crippen LogP contribution in [0.2, 0.25) is 0 Å². The first-order valence-corrected chi connectivity index (χ1v) is 28.7. The van der Waals surface area contributed by atoms with E-state index >= 15 is 0 Å². The number of ether oxygens (including phenoxy) is 2. The van der Waals surface area contributed by atoms with Crippen molar-refractivity contribution in [2.45, 2.75) is 175 Å². The monoisotopic (exact) mass is 1130 g/mol. The summed E-state index contributed by atoms with van der Waals surface area (Å²) in [5.41, 5.74) is 5.17. The summed E-state index contributed by atoms with van der Waals surface area (Å²) in [4.78, 5) is 100. The number of carbonyl (C=O) groups is 7. The van der Waals surface area contributed by atoms with Gasteiger partial charge in [0.1, 0.15) is 29.3 Å². The molecule has 3 aromatic carbocycles. The zero-order chi connectivity index (χ0) is 60.7. The second kappa shape index (κ2) is 28.6. The van der Waals surface area contributed by atoms with Gasteiger partial charge in [-0.1, -0.05) is 127 Å². The number of likely N-dealkylation sites (N-methyl/N-ethyl adjacent to an activating group) is 2. The minimum Gasteiger partial charge on any atom is -0.444 e. The zero-order valence-corrected chi connectivity index (χ0v) is 51.0. The van der Waals surface area contributed by atoms with Crippen molar-refractivity contribution in [3.8, 4) is 0 Å². The molecular formula is C60H90N8O11S. The van der Waals surface area contributed by atoms with Crippen molar-refractivity contribution in [2.24, 2.45) is 17.1 Å². The molecule has 3 aromatic rings. The molecule has 0 saturated carbocycles. The molecule has 0 heterocycles. The summed E-state index contributed by atoms with van der Waals surface area (Å²) in [7, 11) is 0.366. The van der Waals surface area contributed by atoms with Crippen LogP contribution in [0.5, 0.6) is 0 Å². The molecule has 0 bridgehead atoms. The average molecular weight is 1130 g/mol. The van der Waals surface area contributed by atoms with Crippen LogP contribution in [-0.2, 0) is 61.1 Å². The van der Waals surface area contributed by atoms with Gasteiger partial charge in [0.25, 0.3) is 5.91 Å². The summed E-state index contributed by atoms with van der Waals surface area (Å²) in [6.45, 7) is 25.1. The Morgan fingerprint density at radius 2 is 1.20 bits per heavy atom. The third-order valence-corrected chi connectivity index (χ3v) is 14.4. The van der Waals surface area contributed by atoms with Crippen LogP contribution in [0.25, 0.3) is 0 Å². The Bertz CT molecular complexity index is 2730. The second-order valence-corrected chi connectivity index (χ2v) is 26.3. The molecule has 0 aliphatic carbocycles. The van der Waals surface area contributed by atoms with Gasteiger partial charge in [-0.2, -0.15) is 0 Å². The van der Waals surface area contributed by atoms with E-state index in [1.165, 1.54) is 59.0 Å². The highest BCUT2D eigenvalue weighted by molar-refractivity contribution is 7.89. The van der Waals surface area contributed by atoms with Gasteiger partial charge >= 0.3 is 12.2 Å². The van der Waals surface area contributed by atoms with Crippen molar-refractivity contribution in [3.05, 3.63) is 113 Å². The van der Waals surface area contributed by atoms with Crippen molar-refractivity contribution >= 4 is 57.4 Å². The van der Waals surface area contributed by atoms with Gasteiger partial charge in [0.2, 0.25) is 33.7 Å². The number of rotatable bonds is 24. The van der Waals surface area contributed by atoms with E-state index in [2.05, 4.69) is 20.7 Å². The molecule has 3 rings (SSSR count). The molecule has 0 saturated heterocycles. The molecule has 19 nitrogen and oxygen atoms in total. The van der Waals surface area contributed by atoms with E-state index in [-0.39, 0.29) is 24.3 Å². The van der Waals surface area contributed by atoms with Crippen LogP contribution < -0.4 is 26.4 Å². The number of carbonyl (C=O) groups excluding carboxylic acids is 7. The fraction of sp³-hybridized carbons (Fsp3) is 0.550. The number of benzene rings is 3. The summed E-state index contributed by atoms with van der Waals surface area (Å²) >= 11 is 0. The van der Waals surface area contributed by atoms with E-state index in [4.69, 9.17) is 15.2 Å². The molecule has 6 N–H and O–H groups in total. The largest absolute Gasteiger partial charge is 0.444 e. The lowest BCUT2D eigenvalue weighted by molar-refractivity contribution is -0.141. The first kappa shape index (κ1) is 67.5. The van der Waals surface area contributed by atoms with Gasteiger partial charge in [-0.25, -0.2) is 22.7 Å². The molecule has 0 radical (unpaired) electrons. The van der Waals surface area contributed by atoms with E-state index in [9.17, 15) is 42.0 Å². The average Bonchev–Trinajstić information content (AvgIpc) is 3.34. The highest BCUT2D eigenvalue weighted by Crippen LogP contribution is 2.33. The molecular weight excluding hydrogens is 1040 g/mol. The SMILES string of the molecule is C/C(=C\[C@H](C(C)C)N(C)C(=O)[C@@H](NC(=O)[C@@H](N(C)C(=O)OC(C)(C)C)C(C)(C)c1ccccc1)C(C)(C)C)C(=O)NS(=O)(=O)Cc1ccc(NC(=O)[C@@H](CCCCN(C)C(=O)OC(C)(C)C)NC(=O)[C@H](N)Cc2ccccc2)cc1. The van der Waals surface area contributed by atoms with Gasteiger partial charge in [0.15, 0.2) is 0 Å². The predicted octanol–water partition coefficient (Wildman–Crippen LogP) is 7.84. The first-order chi connectivity index (χ1) is 36.8. The van der Waals surface area contributed by atoms with Gasteiger partial charge < -0.3 is 41.0 Å². The molecule has 442 valence electrons. The molecule has 0 unspecified atom stereocenters. The minimum atomic E-state index is -4.29. The zero-order valence-electron chi connectivity index (χ0n) is 50.2. The normalized spacial score (nSPS) is 14.3. The summed E-state index contributed by atoms with van der Waals surface area (Å²) in [5, 5.41) is 8.56. The maximum absolute atomic E-state index is 14.7. The topological polar surface area (TPSA) is 256 Å². The summed E-state index contributed by atoms with van der Waals surface area (Å²) in [6, 6.07) is 19.5. The van der Waals surface area contributed by atoms with Crippen molar-refractivity contribution < 1.29 is 51.5 Å². The number of hydrogen-bond acceptors (Lipinski definition) is 12. The maximum Gasteiger partial charge on any atom is 0.410 e. The van der Waals surface area contributed by atoms with Crippen LogP contribution in [0.1, 0.15) is 133 Å². The molecule has 0 aliphatic rings. The molecule has 0 spiro atoms. The van der Waals surface area contributed by atoms with Crippen molar-refractivity contribution in [1.29, 1.82) is 0 Å². The first-order valence-electron chi connectivity index (χ1n) is 27.1. The van der Waals surface area contributed by atoms with Gasteiger partial charge in [-0.3, -0.25) is 28.9 Å². The molecule has 0 aliphatic heterocycles. The molecule has 80 heavy (non-hydrogen) atoms. The van der Waals surface area contributed by atoms with Gasteiger partial charge in [0, 0.05) is 44.4 Å². The van der Waals surface area contributed by atoms with Crippen LogP contribution in [0.15, 0.2) is 96.6 Å². The Morgan fingerprint density at radius 1 is 0.662 bits per heavy atom. The molecule has 7 amide bonds. The van der Waals surface area contributed by atoms with E-state index in [0.717, 1.165) is 11.1 Å². The Hall–Kier alpha value is -6.80. The van der Waals surface area contributed by atoms with Crippen molar-refractivity contribution in [3.63, 3.8) is 0 Å². The van der Waals surface area contributed by atoms with Gasteiger partial charge in [0.05, 0.1) is 17.8 Å². The van der Waals surface area contributed by atoms with E-state index in [1.807, 2.05) is 88.4 Å².